The molecule has 0 fully saturated rings. The molecule has 0 heteroatoms. The van der Waals surface area contributed by atoms with Crippen LogP contribution in [-0.4, -0.2) is 0 Å². The first-order valence-electron chi connectivity index (χ1n) is 6.52. The van der Waals surface area contributed by atoms with E-state index in [-0.39, 0.29) is 0 Å². The number of hydrogen-bond donors (Lipinski definition) is 0. The van der Waals surface area contributed by atoms with Crippen molar-refractivity contribution in [3.63, 3.8) is 0 Å². The molecule has 0 rings (SSSR count). The molecule has 0 nitrogen and oxygen atoms in total. The second-order valence-electron chi connectivity index (χ2n) is 4.05. The summed E-state index contributed by atoms with van der Waals surface area (Å²) in [6.45, 7) is 6.08. The highest BCUT2D eigenvalue weighted by Gasteiger charge is 1.85. The average molecular weight is 207 g/mol. The van der Waals surface area contributed by atoms with Crippen molar-refractivity contribution in [2.45, 2.75) is 64.7 Å². The fourth-order valence-corrected chi connectivity index (χ4v) is 1.48. The normalized spacial score (nSPS) is 11.9. The lowest BCUT2D eigenvalue weighted by Crippen LogP contribution is -1.75. The Hall–Kier alpha value is -0.520. The van der Waals surface area contributed by atoms with Crippen molar-refractivity contribution in [2.24, 2.45) is 0 Å². The molecule has 0 spiro atoms. The zero-order valence-electron chi connectivity index (χ0n) is 10.4. The summed E-state index contributed by atoms with van der Waals surface area (Å²) in [5, 5.41) is 0. The number of hydrogen-bond acceptors (Lipinski definition) is 0. The number of rotatable bonds is 10. The summed E-state index contributed by atoms with van der Waals surface area (Å²) in [6.07, 6.45) is 20.4. The maximum absolute atomic E-state index is 3.82. The van der Waals surface area contributed by atoms with Crippen molar-refractivity contribution < 1.29 is 0 Å². The van der Waals surface area contributed by atoms with Crippen molar-refractivity contribution in [3.8, 4) is 0 Å². The molecule has 0 bridgehead atoms. The number of unbranched alkanes of at least 4 members (excludes halogenated alkanes) is 7. The van der Waals surface area contributed by atoms with E-state index in [2.05, 4.69) is 38.2 Å². The van der Waals surface area contributed by atoms with E-state index in [1.807, 2.05) is 0 Å². The van der Waals surface area contributed by atoms with E-state index >= 15 is 0 Å². The SMILES string of the molecule is [CH2]CCCC=CC=CCCCCCCC. The van der Waals surface area contributed by atoms with Gasteiger partial charge in [-0.15, -0.1) is 0 Å². The van der Waals surface area contributed by atoms with Gasteiger partial charge < -0.3 is 0 Å². The first kappa shape index (κ1) is 14.5. The first-order valence-corrected chi connectivity index (χ1v) is 6.52. The van der Waals surface area contributed by atoms with Gasteiger partial charge in [0.25, 0.3) is 0 Å². The Labute approximate surface area is 96.5 Å². The topological polar surface area (TPSA) is 0 Å². The fraction of sp³-hybridized carbons (Fsp3) is 0.667. The highest BCUT2D eigenvalue weighted by Crippen LogP contribution is 2.05. The van der Waals surface area contributed by atoms with Crippen LogP contribution < -0.4 is 0 Å². The molecule has 1 radical (unpaired) electrons. The molecule has 0 atom stereocenters. The van der Waals surface area contributed by atoms with Crippen LogP contribution in [0.5, 0.6) is 0 Å². The molecule has 0 aromatic carbocycles. The van der Waals surface area contributed by atoms with E-state index in [4.69, 9.17) is 0 Å². The van der Waals surface area contributed by atoms with Crippen molar-refractivity contribution in [1.82, 2.24) is 0 Å². The highest BCUT2D eigenvalue weighted by atomic mass is 13.9. The molecule has 0 aliphatic carbocycles. The van der Waals surface area contributed by atoms with Crippen LogP contribution in [0.15, 0.2) is 24.3 Å². The highest BCUT2D eigenvalue weighted by molar-refractivity contribution is 5.02. The van der Waals surface area contributed by atoms with Crippen molar-refractivity contribution >= 4 is 0 Å². The van der Waals surface area contributed by atoms with Crippen LogP contribution in [0.25, 0.3) is 0 Å². The zero-order chi connectivity index (χ0) is 11.2. The van der Waals surface area contributed by atoms with Gasteiger partial charge in [0.1, 0.15) is 0 Å². The molecule has 0 aromatic rings. The standard InChI is InChI=1S/C15H27/c1-3-5-7-9-11-13-15-14-12-10-8-6-4-2/h9,11,13,15H,1,3-8,10,12,14H2,2H3. The summed E-state index contributed by atoms with van der Waals surface area (Å²) in [5.74, 6) is 0. The summed E-state index contributed by atoms with van der Waals surface area (Å²) >= 11 is 0. The van der Waals surface area contributed by atoms with Gasteiger partial charge in [-0.25, -0.2) is 0 Å². The lowest BCUT2D eigenvalue weighted by Gasteiger charge is -1.95. The molecular weight excluding hydrogens is 180 g/mol. The molecule has 0 amide bonds. The van der Waals surface area contributed by atoms with Gasteiger partial charge >= 0.3 is 0 Å². The summed E-state index contributed by atoms with van der Waals surface area (Å²) in [5.41, 5.74) is 0. The van der Waals surface area contributed by atoms with E-state index in [0.717, 1.165) is 6.42 Å². The molecule has 0 saturated heterocycles. The minimum Gasteiger partial charge on any atom is -0.0845 e. The van der Waals surface area contributed by atoms with Gasteiger partial charge in [0, 0.05) is 0 Å². The van der Waals surface area contributed by atoms with E-state index in [9.17, 15) is 0 Å². The molecule has 0 heterocycles. The number of allylic oxidation sites excluding steroid dienone is 4. The summed E-state index contributed by atoms with van der Waals surface area (Å²) in [7, 11) is 0. The Morgan fingerprint density at radius 3 is 2.00 bits per heavy atom. The molecule has 0 unspecified atom stereocenters. The largest absolute Gasteiger partial charge is 0.0845 e. The van der Waals surface area contributed by atoms with Gasteiger partial charge in [-0.1, -0.05) is 70.3 Å². The molecule has 15 heavy (non-hydrogen) atoms. The molecule has 0 aromatic heterocycles. The molecular formula is C15H27. The van der Waals surface area contributed by atoms with Gasteiger partial charge in [0.15, 0.2) is 0 Å². The summed E-state index contributed by atoms with van der Waals surface area (Å²) in [6, 6.07) is 0. The van der Waals surface area contributed by atoms with Gasteiger partial charge in [-0.3, -0.25) is 0 Å². The van der Waals surface area contributed by atoms with Crippen molar-refractivity contribution in [3.05, 3.63) is 31.2 Å². The molecule has 0 aliphatic rings. The second-order valence-corrected chi connectivity index (χ2v) is 4.05. The lowest BCUT2D eigenvalue weighted by molar-refractivity contribution is 0.637. The van der Waals surface area contributed by atoms with Crippen LogP contribution >= 0.6 is 0 Å². The van der Waals surface area contributed by atoms with Crippen LogP contribution in [0.2, 0.25) is 0 Å². The van der Waals surface area contributed by atoms with Crippen LogP contribution in [0, 0.1) is 6.92 Å². The van der Waals surface area contributed by atoms with Gasteiger partial charge in [-0.2, -0.15) is 0 Å². The van der Waals surface area contributed by atoms with Crippen molar-refractivity contribution in [1.29, 1.82) is 0 Å². The minimum absolute atomic E-state index is 1.05. The quantitative estimate of drug-likeness (QED) is 0.329. The van der Waals surface area contributed by atoms with Crippen LogP contribution in [0.3, 0.4) is 0 Å². The maximum Gasteiger partial charge on any atom is -0.0348 e. The van der Waals surface area contributed by atoms with Gasteiger partial charge in [0.05, 0.1) is 0 Å². The third kappa shape index (κ3) is 13.5. The Morgan fingerprint density at radius 1 is 0.800 bits per heavy atom. The second kappa shape index (κ2) is 13.5. The zero-order valence-corrected chi connectivity index (χ0v) is 10.4. The fourth-order valence-electron chi connectivity index (χ4n) is 1.48. The summed E-state index contributed by atoms with van der Waals surface area (Å²) in [4.78, 5) is 0. The van der Waals surface area contributed by atoms with Gasteiger partial charge in [0.2, 0.25) is 0 Å². The third-order valence-electron chi connectivity index (χ3n) is 2.48. The third-order valence-corrected chi connectivity index (χ3v) is 2.48. The molecule has 0 aliphatic heterocycles. The summed E-state index contributed by atoms with van der Waals surface area (Å²) < 4.78 is 0. The van der Waals surface area contributed by atoms with Crippen LogP contribution in [0.4, 0.5) is 0 Å². The predicted molar refractivity (Wildman–Crippen MR) is 70.9 cm³/mol. The van der Waals surface area contributed by atoms with Crippen LogP contribution in [0.1, 0.15) is 64.7 Å². The Bertz CT molecular complexity index is 153. The predicted octanol–water partition coefficient (Wildman–Crippen LogP) is 5.46. The first-order chi connectivity index (χ1) is 7.41. The van der Waals surface area contributed by atoms with Crippen LogP contribution in [-0.2, 0) is 0 Å². The molecule has 0 saturated carbocycles. The van der Waals surface area contributed by atoms with Gasteiger partial charge in [-0.05, 0) is 25.7 Å². The molecule has 0 N–H and O–H groups in total. The average Bonchev–Trinajstić information content (AvgIpc) is 2.26. The lowest BCUT2D eigenvalue weighted by atomic mass is 10.1. The Morgan fingerprint density at radius 2 is 1.40 bits per heavy atom. The monoisotopic (exact) mass is 207 g/mol. The maximum atomic E-state index is 3.82. The van der Waals surface area contributed by atoms with E-state index in [1.54, 1.807) is 0 Å². The Balaban J connectivity index is 3.13. The van der Waals surface area contributed by atoms with Crippen molar-refractivity contribution in [2.75, 3.05) is 0 Å². The van der Waals surface area contributed by atoms with E-state index in [1.165, 1.54) is 51.4 Å². The Kier molecular flexibility index (Phi) is 13.0. The van der Waals surface area contributed by atoms with E-state index in [0.29, 0.717) is 0 Å². The van der Waals surface area contributed by atoms with E-state index < -0.39 is 0 Å². The molecule has 87 valence electrons. The minimum atomic E-state index is 1.05. The smallest absolute Gasteiger partial charge is 0.0348 e.